The van der Waals surface area contributed by atoms with Gasteiger partial charge in [-0.25, -0.2) is 0 Å². The van der Waals surface area contributed by atoms with E-state index in [1.54, 1.807) is 0 Å². The number of hydrogen-bond acceptors (Lipinski definition) is 2. The zero-order valence-electron chi connectivity index (χ0n) is 12.1. The number of hydrogen-bond donors (Lipinski definition) is 0. The lowest BCUT2D eigenvalue weighted by molar-refractivity contribution is 0.103. The Hall–Kier alpha value is -2.09. The van der Waals surface area contributed by atoms with Crippen molar-refractivity contribution in [2.24, 2.45) is 0 Å². The van der Waals surface area contributed by atoms with Gasteiger partial charge in [-0.05, 0) is 49.2 Å². The number of rotatable bonds is 6. The molecule has 104 valence electrons. The molecule has 0 bridgehead atoms. The van der Waals surface area contributed by atoms with E-state index in [0.29, 0.717) is 12.2 Å². The van der Waals surface area contributed by atoms with Crippen molar-refractivity contribution in [1.29, 1.82) is 0 Å². The summed E-state index contributed by atoms with van der Waals surface area (Å²) < 4.78 is 5.39. The maximum Gasteiger partial charge on any atom is 0.193 e. The van der Waals surface area contributed by atoms with Crippen molar-refractivity contribution in [2.75, 3.05) is 6.61 Å². The molecule has 0 N–H and O–H groups in total. The highest BCUT2D eigenvalue weighted by molar-refractivity contribution is 6.09. The summed E-state index contributed by atoms with van der Waals surface area (Å²) in [6.07, 6.45) is 2.09. The van der Waals surface area contributed by atoms with Gasteiger partial charge in [0, 0.05) is 11.1 Å². The number of carbonyl (C=O) groups is 1. The Morgan fingerprint density at radius 2 is 1.75 bits per heavy atom. The van der Waals surface area contributed by atoms with Crippen molar-refractivity contribution in [3.05, 3.63) is 65.2 Å². The van der Waals surface area contributed by atoms with Crippen molar-refractivity contribution in [1.82, 2.24) is 0 Å². The number of ether oxygens (including phenoxy) is 1. The van der Waals surface area contributed by atoms with Crippen LogP contribution in [0.2, 0.25) is 0 Å². The first-order valence-corrected chi connectivity index (χ1v) is 7.11. The largest absolute Gasteiger partial charge is 0.494 e. The van der Waals surface area contributed by atoms with E-state index in [2.05, 4.69) is 13.0 Å². The predicted octanol–water partition coefficient (Wildman–Crippen LogP) is 4.27. The third-order valence-electron chi connectivity index (χ3n) is 3.16. The van der Waals surface area contributed by atoms with Crippen molar-refractivity contribution >= 4 is 5.78 Å². The smallest absolute Gasteiger partial charge is 0.193 e. The molecule has 0 aliphatic rings. The van der Waals surface area contributed by atoms with Crippen LogP contribution >= 0.6 is 0 Å². The third kappa shape index (κ3) is 3.47. The minimum Gasteiger partial charge on any atom is -0.494 e. The minimum absolute atomic E-state index is 0.0611. The zero-order valence-corrected chi connectivity index (χ0v) is 12.1. The summed E-state index contributed by atoms with van der Waals surface area (Å²) in [6.45, 7) is 4.71. The highest BCUT2D eigenvalue weighted by Crippen LogP contribution is 2.16. The second-order valence-corrected chi connectivity index (χ2v) is 4.74. The summed E-state index contributed by atoms with van der Waals surface area (Å²) in [5.74, 6) is 0.856. The Balaban J connectivity index is 2.19. The number of carbonyl (C=O) groups excluding carboxylic acids is 1. The van der Waals surface area contributed by atoms with Crippen molar-refractivity contribution in [3.8, 4) is 5.75 Å². The fourth-order valence-corrected chi connectivity index (χ4v) is 2.19. The van der Waals surface area contributed by atoms with Crippen LogP contribution in [0.5, 0.6) is 5.75 Å². The lowest BCUT2D eigenvalue weighted by Gasteiger charge is -2.06. The molecule has 0 amide bonds. The van der Waals surface area contributed by atoms with Gasteiger partial charge in [0.25, 0.3) is 0 Å². The van der Waals surface area contributed by atoms with E-state index in [1.165, 1.54) is 5.56 Å². The fourth-order valence-electron chi connectivity index (χ4n) is 2.19. The minimum atomic E-state index is 0.0611. The van der Waals surface area contributed by atoms with Gasteiger partial charge in [-0.2, -0.15) is 0 Å². The monoisotopic (exact) mass is 268 g/mol. The third-order valence-corrected chi connectivity index (χ3v) is 3.16. The quantitative estimate of drug-likeness (QED) is 0.731. The second-order valence-electron chi connectivity index (χ2n) is 4.74. The molecule has 0 spiro atoms. The average Bonchev–Trinajstić information content (AvgIpc) is 2.48. The molecule has 2 heteroatoms. The van der Waals surface area contributed by atoms with Crippen LogP contribution in [0.4, 0.5) is 0 Å². The maximum absolute atomic E-state index is 12.4. The molecule has 20 heavy (non-hydrogen) atoms. The molecule has 2 aromatic rings. The van der Waals surface area contributed by atoms with Gasteiger partial charge >= 0.3 is 0 Å². The number of ketones is 1. The molecule has 0 saturated carbocycles. The summed E-state index contributed by atoms with van der Waals surface area (Å²) in [5.41, 5.74) is 2.66. The summed E-state index contributed by atoms with van der Waals surface area (Å²) in [4.78, 5) is 12.4. The van der Waals surface area contributed by atoms with Gasteiger partial charge < -0.3 is 4.74 Å². The van der Waals surface area contributed by atoms with E-state index in [-0.39, 0.29) is 5.78 Å². The topological polar surface area (TPSA) is 26.3 Å². The zero-order chi connectivity index (χ0) is 14.4. The highest BCUT2D eigenvalue weighted by atomic mass is 16.5. The average molecular weight is 268 g/mol. The van der Waals surface area contributed by atoms with Gasteiger partial charge in [0.05, 0.1) is 6.61 Å². The standard InChI is InChI=1S/C18H20O2/c1-3-6-14-7-5-8-16(13-14)18(19)15-9-11-17(12-10-15)20-4-2/h5,7-13H,3-4,6H2,1-2H3. The van der Waals surface area contributed by atoms with Gasteiger partial charge in [0.1, 0.15) is 5.75 Å². The Morgan fingerprint density at radius 3 is 2.40 bits per heavy atom. The molecule has 0 fully saturated rings. The van der Waals surface area contributed by atoms with Crippen molar-refractivity contribution in [3.63, 3.8) is 0 Å². The molecule has 0 saturated heterocycles. The summed E-state index contributed by atoms with van der Waals surface area (Å²) in [5, 5.41) is 0. The van der Waals surface area contributed by atoms with E-state index in [0.717, 1.165) is 24.2 Å². The first-order chi connectivity index (χ1) is 9.74. The first kappa shape index (κ1) is 14.3. The molecule has 2 rings (SSSR count). The van der Waals surface area contributed by atoms with Crippen LogP contribution in [0.3, 0.4) is 0 Å². The molecular weight excluding hydrogens is 248 g/mol. The Labute approximate surface area is 120 Å². The van der Waals surface area contributed by atoms with Crippen molar-refractivity contribution < 1.29 is 9.53 Å². The Morgan fingerprint density at radius 1 is 1.00 bits per heavy atom. The first-order valence-electron chi connectivity index (χ1n) is 7.11. The van der Waals surface area contributed by atoms with Gasteiger partial charge in [-0.3, -0.25) is 4.79 Å². The van der Waals surface area contributed by atoms with Gasteiger partial charge in [-0.15, -0.1) is 0 Å². The maximum atomic E-state index is 12.4. The van der Waals surface area contributed by atoms with E-state index in [1.807, 2.05) is 49.4 Å². The van der Waals surface area contributed by atoms with Crippen LogP contribution in [0.15, 0.2) is 48.5 Å². The Bertz CT molecular complexity index is 570. The van der Waals surface area contributed by atoms with Crippen molar-refractivity contribution in [2.45, 2.75) is 26.7 Å². The molecule has 0 heterocycles. The van der Waals surface area contributed by atoms with Crippen LogP contribution in [-0.4, -0.2) is 12.4 Å². The summed E-state index contributed by atoms with van der Waals surface area (Å²) >= 11 is 0. The lowest BCUT2D eigenvalue weighted by Crippen LogP contribution is -2.02. The normalized spacial score (nSPS) is 10.3. The Kier molecular flexibility index (Phi) is 4.94. The predicted molar refractivity (Wildman–Crippen MR) is 81.5 cm³/mol. The fraction of sp³-hybridized carbons (Fsp3) is 0.278. The van der Waals surface area contributed by atoms with Crippen LogP contribution < -0.4 is 4.74 Å². The van der Waals surface area contributed by atoms with Crippen LogP contribution in [0.1, 0.15) is 41.8 Å². The molecule has 2 aromatic carbocycles. The van der Waals surface area contributed by atoms with Gasteiger partial charge in [-0.1, -0.05) is 31.5 Å². The molecule has 0 aromatic heterocycles. The van der Waals surface area contributed by atoms with E-state index in [9.17, 15) is 4.79 Å². The molecule has 0 atom stereocenters. The van der Waals surface area contributed by atoms with E-state index < -0.39 is 0 Å². The van der Waals surface area contributed by atoms with Gasteiger partial charge in [0.15, 0.2) is 5.78 Å². The van der Waals surface area contributed by atoms with E-state index >= 15 is 0 Å². The molecule has 0 radical (unpaired) electrons. The SMILES string of the molecule is CCCc1cccc(C(=O)c2ccc(OCC)cc2)c1. The number of benzene rings is 2. The van der Waals surface area contributed by atoms with Crippen LogP contribution in [0, 0.1) is 0 Å². The molecular formula is C18H20O2. The summed E-state index contributed by atoms with van der Waals surface area (Å²) in [7, 11) is 0. The van der Waals surface area contributed by atoms with Crippen LogP contribution in [0.25, 0.3) is 0 Å². The summed E-state index contributed by atoms with van der Waals surface area (Å²) in [6, 6.07) is 15.2. The highest BCUT2D eigenvalue weighted by Gasteiger charge is 2.09. The molecule has 0 unspecified atom stereocenters. The lowest BCUT2D eigenvalue weighted by atomic mass is 10.00. The van der Waals surface area contributed by atoms with Gasteiger partial charge in [0.2, 0.25) is 0 Å². The second kappa shape index (κ2) is 6.90. The molecule has 2 nitrogen and oxygen atoms in total. The van der Waals surface area contributed by atoms with Crippen LogP contribution in [-0.2, 0) is 6.42 Å². The molecule has 0 aliphatic carbocycles. The molecule has 0 aliphatic heterocycles. The van der Waals surface area contributed by atoms with E-state index in [4.69, 9.17) is 4.74 Å². The number of aryl methyl sites for hydroxylation is 1.